The van der Waals surface area contributed by atoms with E-state index in [-0.39, 0.29) is 0 Å². The lowest BCUT2D eigenvalue weighted by molar-refractivity contribution is 0.510. The summed E-state index contributed by atoms with van der Waals surface area (Å²) < 4.78 is 28.5. The third kappa shape index (κ3) is 2.42. The van der Waals surface area contributed by atoms with E-state index in [0.29, 0.717) is 17.6 Å². The molecule has 0 aliphatic rings. The Balaban J connectivity index is 2.09. The lowest BCUT2D eigenvalue weighted by atomic mass is 10.00. The average Bonchev–Trinajstić information content (AvgIpc) is 2.77. The number of halogens is 2. The summed E-state index contributed by atoms with van der Waals surface area (Å²) in [6, 6.07) is 6.59. The van der Waals surface area contributed by atoms with Gasteiger partial charge < -0.3 is 4.57 Å². The fourth-order valence-electron chi connectivity index (χ4n) is 2.81. The summed E-state index contributed by atoms with van der Waals surface area (Å²) in [5.41, 5.74) is 5.86. The van der Waals surface area contributed by atoms with Crippen molar-refractivity contribution >= 4 is 11.0 Å². The summed E-state index contributed by atoms with van der Waals surface area (Å²) in [6.45, 7) is 6.79. The molecule has 21 heavy (non-hydrogen) atoms. The van der Waals surface area contributed by atoms with E-state index in [1.165, 1.54) is 28.3 Å². The van der Waals surface area contributed by atoms with Crippen LogP contribution < -0.4 is 0 Å². The molecule has 0 spiro atoms. The van der Waals surface area contributed by atoms with Crippen LogP contribution in [0.25, 0.3) is 11.0 Å². The Kier molecular flexibility index (Phi) is 3.24. The van der Waals surface area contributed by atoms with Gasteiger partial charge in [-0.25, -0.2) is 13.8 Å². The lowest BCUT2D eigenvalue weighted by Crippen LogP contribution is -2.03. The number of nitrogens with zero attached hydrogens (tertiary/aromatic N) is 2. The van der Waals surface area contributed by atoms with Crippen molar-refractivity contribution in [1.29, 1.82) is 0 Å². The third-order valence-electron chi connectivity index (χ3n) is 3.83. The van der Waals surface area contributed by atoms with Crippen molar-refractivity contribution in [3.63, 3.8) is 0 Å². The predicted octanol–water partition coefficient (Wildman–Crippen LogP) is 4.29. The third-order valence-corrected chi connectivity index (χ3v) is 3.83. The molecule has 1 aromatic heterocycles. The molecule has 2 nitrogen and oxygen atoms in total. The highest BCUT2D eigenvalue weighted by molar-refractivity contribution is 5.75. The zero-order chi connectivity index (χ0) is 15.1. The Morgan fingerprint density at radius 2 is 1.57 bits per heavy atom. The van der Waals surface area contributed by atoms with E-state index in [4.69, 9.17) is 0 Å². The highest BCUT2D eigenvalue weighted by Gasteiger charge is 2.11. The van der Waals surface area contributed by atoms with E-state index in [9.17, 15) is 8.78 Å². The molecule has 0 fully saturated rings. The quantitative estimate of drug-likeness (QED) is 0.687. The van der Waals surface area contributed by atoms with Gasteiger partial charge in [0.1, 0.15) is 0 Å². The summed E-state index contributed by atoms with van der Waals surface area (Å²) in [5, 5.41) is 0. The number of fused-ring (bicyclic) bond motifs is 1. The van der Waals surface area contributed by atoms with Gasteiger partial charge >= 0.3 is 0 Å². The zero-order valence-corrected chi connectivity index (χ0v) is 12.2. The fraction of sp³-hybridized carbons (Fsp3) is 0.235. The van der Waals surface area contributed by atoms with Gasteiger partial charge in [0.2, 0.25) is 0 Å². The van der Waals surface area contributed by atoms with Crippen LogP contribution in [0.4, 0.5) is 8.78 Å². The molecule has 0 amide bonds. The highest BCUT2D eigenvalue weighted by Crippen LogP contribution is 2.22. The Labute approximate surface area is 122 Å². The number of benzene rings is 2. The number of imidazole rings is 1. The fourth-order valence-corrected chi connectivity index (χ4v) is 2.81. The van der Waals surface area contributed by atoms with Crippen molar-refractivity contribution in [3.05, 3.63) is 64.5 Å². The Bertz CT molecular complexity index is 811. The Morgan fingerprint density at radius 1 is 0.952 bits per heavy atom. The molecule has 3 rings (SSSR count). The van der Waals surface area contributed by atoms with Crippen LogP contribution in [0.15, 0.2) is 30.6 Å². The summed E-state index contributed by atoms with van der Waals surface area (Å²) >= 11 is 0. The SMILES string of the molecule is Cc1cc(C)c(Cn2cnc3cc(F)c(F)cc32)c(C)c1. The molecular formula is C17H16F2N2. The van der Waals surface area contributed by atoms with Crippen molar-refractivity contribution in [3.8, 4) is 0 Å². The van der Waals surface area contributed by atoms with E-state index in [1.54, 1.807) is 6.33 Å². The molecule has 0 unspecified atom stereocenters. The van der Waals surface area contributed by atoms with Crippen LogP contribution in [0.2, 0.25) is 0 Å². The number of aromatic nitrogens is 2. The largest absolute Gasteiger partial charge is 0.326 e. The molecule has 0 saturated heterocycles. The maximum absolute atomic E-state index is 13.4. The molecule has 2 aromatic carbocycles. The first-order valence-corrected chi connectivity index (χ1v) is 6.82. The minimum Gasteiger partial charge on any atom is -0.326 e. The van der Waals surface area contributed by atoms with Crippen molar-refractivity contribution in [2.45, 2.75) is 27.3 Å². The van der Waals surface area contributed by atoms with E-state index < -0.39 is 11.6 Å². The average molecular weight is 286 g/mol. The van der Waals surface area contributed by atoms with Gasteiger partial charge in [-0.05, 0) is 37.5 Å². The maximum Gasteiger partial charge on any atom is 0.161 e. The van der Waals surface area contributed by atoms with Gasteiger partial charge in [0, 0.05) is 18.7 Å². The second kappa shape index (κ2) is 4.95. The van der Waals surface area contributed by atoms with E-state index in [0.717, 1.165) is 6.07 Å². The summed E-state index contributed by atoms with van der Waals surface area (Å²) in [7, 11) is 0. The van der Waals surface area contributed by atoms with Crippen LogP contribution in [-0.2, 0) is 6.54 Å². The van der Waals surface area contributed by atoms with Crippen LogP contribution in [0, 0.1) is 32.4 Å². The van der Waals surface area contributed by atoms with Crippen LogP contribution in [0.1, 0.15) is 22.3 Å². The van der Waals surface area contributed by atoms with Gasteiger partial charge in [0.05, 0.1) is 17.4 Å². The van der Waals surface area contributed by atoms with Crippen molar-refractivity contribution in [2.24, 2.45) is 0 Å². The van der Waals surface area contributed by atoms with Gasteiger partial charge in [-0.2, -0.15) is 0 Å². The molecule has 0 aliphatic heterocycles. The number of aryl methyl sites for hydroxylation is 3. The normalized spacial score (nSPS) is 11.3. The molecule has 0 N–H and O–H groups in total. The predicted molar refractivity (Wildman–Crippen MR) is 79.4 cm³/mol. The van der Waals surface area contributed by atoms with Crippen LogP contribution in [0.3, 0.4) is 0 Å². The van der Waals surface area contributed by atoms with Crippen molar-refractivity contribution in [2.75, 3.05) is 0 Å². The molecule has 108 valence electrons. The summed E-state index contributed by atoms with van der Waals surface area (Å²) in [4.78, 5) is 4.15. The van der Waals surface area contributed by atoms with Gasteiger partial charge in [0.25, 0.3) is 0 Å². The summed E-state index contributed by atoms with van der Waals surface area (Å²) in [6.07, 6.45) is 1.63. The van der Waals surface area contributed by atoms with Gasteiger partial charge in [-0.15, -0.1) is 0 Å². The maximum atomic E-state index is 13.4. The van der Waals surface area contributed by atoms with Crippen molar-refractivity contribution in [1.82, 2.24) is 9.55 Å². The first-order valence-electron chi connectivity index (χ1n) is 6.82. The molecule has 0 atom stereocenters. The smallest absolute Gasteiger partial charge is 0.161 e. The molecule has 4 heteroatoms. The molecule has 0 radical (unpaired) electrons. The van der Waals surface area contributed by atoms with Gasteiger partial charge in [-0.3, -0.25) is 0 Å². The number of hydrogen-bond acceptors (Lipinski definition) is 1. The molecule has 0 aliphatic carbocycles. The first kappa shape index (κ1) is 13.7. The summed E-state index contributed by atoms with van der Waals surface area (Å²) in [5.74, 6) is -1.71. The second-order valence-corrected chi connectivity index (χ2v) is 5.50. The van der Waals surface area contributed by atoms with E-state index in [1.807, 2.05) is 4.57 Å². The zero-order valence-electron chi connectivity index (χ0n) is 12.2. The van der Waals surface area contributed by atoms with Gasteiger partial charge in [-0.1, -0.05) is 17.7 Å². The molecular weight excluding hydrogens is 270 g/mol. The van der Waals surface area contributed by atoms with Crippen LogP contribution in [0.5, 0.6) is 0 Å². The molecule has 0 saturated carbocycles. The topological polar surface area (TPSA) is 17.8 Å². The molecule has 0 bridgehead atoms. The number of rotatable bonds is 2. The minimum absolute atomic E-state index is 0.469. The Hall–Kier alpha value is -2.23. The van der Waals surface area contributed by atoms with Crippen LogP contribution in [-0.4, -0.2) is 9.55 Å². The lowest BCUT2D eigenvalue weighted by Gasteiger charge is -2.12. The number of hydrogen-bond donors (Lipinski definition) is 0. The minimum atomic E-state index is -0.865. The van der Waals surface area contributed by atoms with Crippen LogP contribution >= 0.6 is 0 Å². The molecule has 3 aromatic rings. The standard InChI is InChI=1S/C17H16F2N2/c1-10-4-11(2)13(12(3)5-10)8-21-9-20-16-6-14(18)15(19)7-17(16)21/h4-7,9H,8H2,1-3H3. The van der Waals surface area contributed by atoms with E-state index in [2.05, 4.69) is 37.9 Å². The Morgan fingerprint density at radius 3 is 2.24 bits per heavy atom. The second-order valence-electron chi connectivity index (χ2n) is 5.50. The first-order chi connectivity index (χ1) is 9.95. The van der Waals surface area contributed by atoms with Gasteiger partial charge in [0.15, 0.2) is 11.6 Å². The molecule has 1 heterocycles. The van der Waals surface area contributed by atoms with Crippen molar-refractivity contribution < 1.29 is 8.78 Å². The highest BCUT2D eigenvalue weighted by atomic mass is 19.2. The monoisotopic (exact) mass is 286 g/mol. The van der Waals surface area contributed by atoms with E-state index >= 15 is 0 Å².